The van der Waals surface area contributed by atoms with Gasteiger partial charge in [-0.15, -0.1) is 11.3 Å². The second kappa shape index (κ2) is 49.0. The van der Waals surface area contributed by atoms with Crippen LogP contribution in [0.2, 0.25) is 0 Å². The van der Waals surface area contributed by atoms with Crippen molar-refractivity contribution in [2.75, 3.05) is 21.7 Å². The minimum absolute atomic E-state index is 0. The highest BCUT2D eigenvalue weighted by atomic mass is 32.1. The van der Waals surface area contributed by atoms with E-state index in [1.807, 2.05) is 134 Å². The Labute approximate surface area is 590 Å². The summed E-state index contributed by atoms with van der Waals surface area (Å²) in [5, 5.41) is 27.6. The predicted octanol–water partition coefficient (Wildman–Crippen LogP) is 15.1. The van der Waals surface area contributed by atoms with Crippen LogP contribution in [0.5, 0.6) is 5.75 Å². The van der Waals surface area contributed by atoms with Crippen molar-refractivity contribution in [1.29, 1.82) is 0 Å². The van der Waals surface area contributed by atoms with Gasteiger partial charge in [0.1, 0.15) is 57.4 Å². The van der Waals surface area contributed by atoms with Gasteiger partial charge in [0.05, 0.1) is 11.2 Å². The first-order valence-corrected chi connectivity index (χ1v) is 33.5. The summed E-state index contributed by atoms with van der Waals surface area (Å²) in [6, 6.07) is 32.6. The lowest BCUT2D eigenvalue weighted by Crippen LogP contribution is -2.57. The maximum atomic E-state index is 11.3. The van der Waals surface area contributed by atoms with Crippen LogP contribution in [0.25, 0.3) is 0 Å². The van der Waals surface area contributed by atoms with Gasteiger partial charge in [0.15, 0.2) is 5.78 Å². The number of urea groups is 1. The van der Waals surface area contributed by atoms with Crippen LogP contribution in [0.15, 0.2) is 151 Å². The van der Waals surface area contributed by atoms with Gasteiger partial charge in [-0.1, -0.05) is 99.3 Å². The normalized spacial score (nSPS) is 11.2. The molecular formula is C73H108N16O7S2. The Bertz CT molecular complexity index is 3490. The number of hydrogen-bond donors (Lipinski definition) is 9. The average molecular weight is 1390 g/mol. The zero-order chi connectivity index (χ0) is 73.2. The number of barbiturate groups is 1. The van der Waals surface area contributed by atoms with Gasteiger partial charge in [0.2, 0.25) is 11.8 Å². The summed E-state index contributed by atoms with van der Waals surface area (Å²) in [4.78, 5) is 97.3. The number of aromatic nitrogens is 9. The second-order valence-electron chi connectivity index (χ2n) is 24.5. The number of nitrogens with one attached hydrogen (secondary N) is 7. The highest BCUT2D eigenvalue weighted by Gasteiger charge is 2.36. The number of nitrogens with zero attached hydrogens (tertiary/aromatic N) is 8. The van der Waals surface area contributed by atoms with Crippen molar-refractivity contribution in [3.63, 3.8) is 0 Å². The number of carbonyl (C=O) groups excluding carboxylic acids is 6. The van der Waals surface area contributed by atoms with E-state index in [0.717, 1.165) is 34.5 Å². The first kappa shape index (κ1) is 88.4. The molecule has 534 valence electrons. The molecule has 0 atom stereocenters. The molecule has 0 spiro atoms. The molecule has 0 bridgehead atoms. The van der Waals surface area contributed by atoms with Crippen molar-refractivity contribution in [2.45, 2.75) is 187 Å². The molecule has 98 heavy (non-hydrogen) atoms. The number of imide groups is 2. The molecule has 8 aromatic heterocycles. The minimum Gasteiger partial charge on any atom is -0.505 e. The first-order valence-electron chi connectivity index (χ1n) is 32.2. The van der Waals surface area contributed by atoms with Gasteiger partial charge >= 0.3 is 6.03 Å². The molecule has 5 amide bonds. The van der Waals surface area contributed by atoms with Gasteiger partial charge in [-0.2, -0.15) is 0 Å². The average Bonchev–Trinajstić information content (AvgIpc) is 1.06. The van der Waals surface area contributed by atoms with Gasteiger partial charge < -0.3 is 41.7 Å². The fraction of sp³-hybridized carbons (Fsp3) is 0.425. The van der Waals surface area contributed by atoms with Crippen LogP contribution in [0, 0.1) is 22.4 Å². The zero-order valence-electron chi connectivity index (χ0n) is 59.8. The number of thiazole rings is 1. The molecule has 1 aliphatic heterocycles. The summed E-state index contributed by atoms with van der Waals surface area (Å²) in [5.74, 6) is 2.89. The number of hydrogen-bond acceptors (Lipinski definition) is 20. The number of ketones is 2. The van der Waals surface area contributed by atoms with Crippen molar-refractivity contribution in [3.8, 4) is 5.75 Å². The van der Waals surface area contributed by atoms with E-state index in [4.69, 9.17) is 18.0 Å². The van der Waals surface area contributed by atoms with Crippen molar-refractivity contribution >= 4 is 82.1 Å². The molecule has 0 aromatic carbocycles. The second-order valence-corrected chi connectivity index (χ2v) is 25.6. The first-order chi connectivity index (χ1) is 45.7. The van der Waals surface area contributed by atoms with E-state index >= 15 is 0 Å². The minimum atomic E-state index is -0.748. The monoisotopic (exact) mass is 1380 g/mol. The molecule has 8 aromatic rings. The Morgan fingerprint density at radius 3 is 1.60 bits per heavy atom. The van der Waals surface area contributed by atoms with Gasteiger partial charge in [-0.25, -0.2) is 29.7 Å². The van der Waals surface area contributed by atoms with E-state index < -0.39 is 23.8 Å². The molecule has 0 aliphatic carbocycles. The SMILES string of the molecule is C.CC(=O)Cc1cccc(C(C)C)n1.CC(C)C(=O)c1ccc[nH]1.CC(C)C1C(=O)NC(=O)NC1=O.CC(C)NC(=O)c1ccccn1.CC(C)Nc1ccccn1.CC(C)Nc1ccncn1.CC(C)Nc1cscn1.CC(C)c1cccc(N)n1.CC(C)n1cccc(O)c1=S. The Morgan fingerprint density at radius 1 is 0.622 bits per heavy atom. The number of pyridine rings is 5. The third-order valence-corrected chi connectivity index (χ3v) is 13.1. The Balaban J connectivity index is 0.00000108. The van der Waals surface area contributed by atoms with Crippen LogP contribution in [0.1, 0.15) is 195 Å². The van der Waals surface area contributed by atoms with Gasteiger partial charge in [0, 0.05) is 96.0 Å². The van der Waals surface area contributed by atoms with Crippen LogP contribution in [0.4, 0.5) is 28.1 Å². The number of H-pyrrole nitrogens is 1. The number of nitrogens with two attached hydrogens (primary N) is 1. The van der Waals surface area contributed by atoms with Gasteiger partial charge in [0.25, 0.3) is 5.91 Å². The number of anilines is 4. The van der Waals surface area contributed by atoms with E-state index in [9.17, 15) is 33.9 Å². The maximum absolute atomic E-state index is 11.3. The molecule has 23 nitrogen and oxygen atoms in total. The number of Topliss-reactive ketones (excluding diaryl/α,β-unsaturated/α-hetero) is 2. The highest BCUT2D eigenvalue weighted by Crippen LogP contribution is 2.17. The lowest BCUT2D eigenvalue weighted by molar-refractivity contribution is -0.137. The summed E-state index contributed by atoms with van der Waals surface area (Å²) in [7, 11) is 0. The number of aromatic amines is 1. The smallest absolute Gasteiger partial charge is 0.328 e. The van der Waals surface area contributed by atoms with Crippen LogP contribution in [-0.4, -0.2) is 109 Å². The van der Waals surface area contributed by atoms with E-state index in [2.05, 4.69) is 130 Å². The van der Waals surface area contributed by atoms with E-state index in [1.165, 1.54) is 6.33 Å². The van der Waals surface area contributed by atoms with E-state index in [0.29, 0.717) is 64.3 Å². The molecule has 9 rings (SSSR count). The van der Waals surface area contributed by atoms with Crippen LogP contribution < -0.4 is 37.6 Å². The Hall–Kier alpha value is -9.62. The molecule has 1 saturated heterocycles. The van der Waals surface area contributed by atoms with Crippen molar-refractivity contribution < 1.29 is 33.9 Å². The number of amides is 5. The van der Waals surface area contributed by atoms with Crippen LogP contribution in [0.3, 0.4) is 0 Å². The third-order valence-electron chi connectivity index (χ3n) is 12.1. The highest BCUT2D eigenvalue weighted by molar-refractivity contribution is 7.71. The van der Waals surface area contributed by atoms with Crippen molar-refractivity contribution in [2.24, 2.45) is 17.8 Å². The largest absolute Gasteiger partial charge is 0.505 e. The van der Waals surface area contributed by atoms with E-state index in [-0.39, 0.29) is 48.5 Å². The maximum Gasteiger partial charge on any atom is 0.328 e. The summed E-state index contributed by atoms with van der Waals surface area (Å²) < 4.78 is 2.35. The Morgan fingerprint density at radius 2 is 1.18 bits per heavy atom. The number of aromatic hydroxyl groups is 1. The number of carbonyl (C=O) groups is 6. The molecular weight excluding hydrogens is 1280 g/mol. The summed E-state index contributed by atoms with van der Waals surface area (Å²) in [5.41, 5.74) is 11.5. The summed E-state index contributed by atoms with van der Waals surface area (Å²) in [6.07, 6.45) is 10.7. The molecule has 0 radical (unpaired) electrons. The molecule has 0 unspecified atom stereocenters. The lowest BCUT2D eigenvalue weighted by Gasteiger charge is -2.22. The molecule has 1 fully saturated rings. The van der Waals surface area contributed by atoms with Gasteiger partial charge in [-0.3, -0.25) is 44.6 Å². The predicted molar refractivity (Wildman–Crippen MR) is 401 cm³/mol. The topological polar surface area (TPSA) is 332 Å². The number of rotatable bonds is 16. The molecule has 9 heterocycles. The Kier molecular flexibility index (Phi) is 44.2. The molecule has 0 saturated carbocycles. The fourth-order valence-electron chi connectivity index (χ4n) is 7.63. The molecule has 1 aliphatic rings. The fourth-order valence-corrected chi connectivity index (χ4v) is 8.46. The van der Waals surface area contributed by atoms with Crippen LogP contribution >= 0.6 is 23.6 Å². The quantitative estimate of drug-likeness (QED) is 0.0246. The summed E-state index contributed by atoms with van der Waals surface area (Å²) in [6.45, 7) is 37.7. The van der Waals surface area contributed by atoms with E-state index in [1.54, 1.807) is 99.4 Å². The van der Waals surface area contributed by atoms with Crippen LogP contribution in [-0.2, 0) is 20.8 Å². The summed E-state index contributed by atoms with van der Waals surface area (Å²) >= 11 is 6.59. The standard InChI is InChI=1S/C11H15NO.C9H12N2O.2C8H12N2.C8H11NOS.C8H11NO.C7H11N3.C7H10N2O3.C6H10N2S.CH4/c1-8(2)11-6-4-5-10(12-11)7-9(3)13;1-7(2)11-9(12)8-5-3-4-6-10-8;1-7(2)10-8-5-3-4-6-9-8;1-6(2)7-4-3-5-8(9)10-7;1-6(2)9-5-3-4-7(10)8(9)11;1-6(2)8(10)7-4-3-5-9-7;1-6(2)10-7-3-4-8-5-9-7;1-3(2)4-5(10)8-7(12)9-6(4)11;1-5(2)8-6-3-9-4-7-6;/h4-6,8H,7H2,1-3H3;3-7H,1-2H3,(H,11,12);3-7H,1-2H3,(H,9,10);3-6H,1-2H3,(H2,9,10);3-6,10H,1-2H3;3-6,9H,1-2H3;3-6H,1-2H3,(H,8,9,10);3-4H,1-2H3,(H2,8,9,10,11,12);3-5,8H,1-2H3;1H4. The number of nitrogen functional groups attached to an aromatic ring is 1. The van der Waals surface area contributed by atoms with Crippen molar-refractivity contribution in [3.05, 3.63) is 184 Å². The molecule has 10 N–H and O–H groups in total. The lowest BCUT2D eigenvalue weighted by atomic mass is 9.93. The zero-order valence-corrected chi connectivity index (χ0v) is 61.4. The molecule has 25 heteroatoms. The third kappa shape index (κ3) is 39.4. The van der Waals surface area contributed by atoms with Crippen molar-refractivity contribution in [1.82, 2.24) is 60.4 Å². The van der Waals surface area contributed by atoms with Gasteiger partial charge in [-0.05, 0) is 173 Å².